The molecule has 1 saturated heterocycles. The molecule has 2 heterocycles. The van der Waals surface area contributed by atoms with E-state index >= 15 is 0 Å². The molecule has 3 atom stereocenters. The Morgan fingerprint density at radius 3 is 2.13 bits per heavy atom. The van der Waals surface area contributed by atoms with Gasteiger partial charge >= 0.3 is 0 Å². The van der Waals surface area contributed by atoms with Gasteiger partial charge in [0.1, 0.15) is 17.3 Å². The first-order valence-corrected chi connectivity index (χ1v) is 13.5. The molecule has 0 aromatic heterocycles. The van der Waals surface area contributed by atoms with Gasteiger partial charge in [-0.3, -0.25) is 14.4 Å². The van der Waals surface area contributed by atoms with Crippen LogP contribution < -0.4 is 4.90 Å². The van der Waals surface area contributed by atoms with Crippen molar-refractivity contribution in [2.24, 2.45) is 5.41 Å². The summed E-state index contributed by atoms with van der Waals surface area (Å²) in [5, 5.41) is 0. The quantitative estimate of drug-likeness (QED) is 0.196. The van der Waals surface area contributed by atoms with E-state index in [4.69, 9.17) is 0 Å². The number of hydrogen-bond acceptors (Lipinski definition) is 4. The third-order valence-electron chi connectivity index (χ3n) is 8.32. The monoisotopic (exact) mass is 577 g/mol. The molecular weight excluding hydrogens is 557 g/mol. The molecule has 2 aliphatic heterocycles. The Labute approximate surface area is 232 Å². The van der Waals surface area contributed by atoms with Crippen LogP contribution in [0.4, 0.5) is 10.1 Å². The van der Waals surface area contributed by atoms with Gasteiger partial charge in [-0.25, -0.2) is 4.39 Å². The highest BCUT2D eigenvalue weighted by Gasteiger charge is 2.71. The fourth-order valence-corrected chi connectivity index (χ4v) is 7.14. The molecule has 190 valence electrons. The zero-order chi connectivity index (χ0) is 26.9. The van der Waals surface area contributed by atoms with E-state index in [1.807, 2.05) is 41.3 Å². The molecule has 0 saturated carbocycles. The van der Waals surface area contributed by atoms with Crippen LogP contribution >= 0.6 is 15.9 Å². The SMILES string of the molecule is O=C(c1ccccc1)[C@@H]1[C@H](c2ccc(F)cc2)C2(C(=O)c3ccccc3C2=O)[C@H]2C=Cc3cc(Br)ccc3N12. The Morgan fingerprint density at radius 1 is 0.821 bits per heavy atom. The molecule has 1 fully saturated rings. The van der Waals surface area contributed by atoms with Crippen molar-refractivity contribution in [1.29, 1.82) is 0 Å². The number of fused-ring (bicyclic) bond motifs is 5. The summed E-state index contributed by atoms with van der Waals surface area (Å²) >= 11 is 3.53. The summed E-state index contributed by atoms with van der Waals surface area (Å²) < 4.78 is 15.0. The van der Waals surface area contributed by atoms with Crippen molar-refractivity contribution in [2.45, 2.75) is 18.0 Å². The second-order valence-corrected chi connectivity index (χ2v) is 11.1. The van der Waals surface area contributed by atoms with Gasteiger partial charge in [0.15, 0.2) is 17.3 Å². The van der Waals surface area contributed by atoms with Gasteiger partial charge in [-0.2, -0.15) is 0 Å². The summed E-state index contributed by atoms with van der Waals surface area (Å²) in [6, 6.07) is 25.8. The molecule has 39 heavy (non-hydrogen) atoms. The molecule has 6 heteroatoms. The van der Waals surface area contributed by atoms with E-state index in [1.54, 1.807) is 60.7 Å². The van der Waals surface area contributed by atoms with E-state index in [2.05, 4.69) is 15.9 Å². The second kappa shape index (κ2) is 8.68. The van der Waals surface area contributed by atoms with Crippen LogP contribution in [0.25, 0.3) is 6.08 Å². The van der Waals surface area contributed by atoms with Gasteiger partial charge in [0, 0.05) is 32.8 Å². The highest BCUT2D eigenvalue weighted by Crippen LogP contribution is 2.61. The van der Waals surface area contributed by atoms with Crippen molar-refractivity contribution in [3.63, 3.8) is 0 Å². The Kier molecular flexibility index (Phi) is 5.32. The van der Waals surface area contributed by atoms with E-state index in [1.165, 1.54) is 12.1 Å². The van der Waals surface area contributed by atoms with Crippen molar-refractivity contribution in [3.8, 4) is 0 Å². The van der Waals surface area contributed by atoms with Crippen LogP contribution in [0.3, 0.4) is 0 Å². The predicted octanol–water partition coefficient (Wildman–Crippen LogP) is 6.90. The summed E-state index contributed by atoms with van der Waals surface area (Å²) in [6.45, 7) is 0. The lowest BCUT2D eigenvalue weighted by atomic mass is 9.64. The molecular formula is C33H21BrFNO3. The number of halogens is 2. The molecule has 7 rings (SSSR count). The number of anilines is 1. The first-order valence-electron chi connectivity index (χ1n) is 12.7. The number of rotatable bonds is 3. The lowest BCUT2D eigenvalue weighted by Crippen LogP contribution is -2.48. The Bertz CT molecular complexity index is 1680. The first kappa shape index (κ1) is 23.9. The lowest BCUT2D eigenvalue weighted by Gasteiger charge is -2.37. The first-order chi connectivity index (χ1) is 18.9. The van der Waals surface area contributed by atoms with E-state index < -0.39 is 29.2 Å². The molecule has 0 amide bonds. The normalized spacial score (nSPS) is 22.1. The number of carbonyl (C=O) groups is 3. The molecule has 4 aromatic rings. The minimum Gasteiger partial charge on any atom is -0.352 e. The van der Waals surface area contributed by atoms with Crippen LogP contribution in [0.15, 0.2) is 108 Å². The molecule has 1 aliphatic carbocycles. The third-order valence-corrected chi connectivity index (χ3v) is 8.82. The van der Waals surface area contributed by atoms with Crippen LogP contribution in [-0.4, -0.2) is 29.4 Å². The summed E-state index contributed by atoms with van der Waals surface area (Å²) in [5.74, 6) is -2.10. The van der Waals surface area contributed by atoms with Crippen LogP contribution in [0, 0.1) is 11.2 Å². The highest BCUT2D eigenvalue weighted by molar-refractivity contribution is 9.10. The van der Waals surface area contributed by atoms with E-state index in [0.717, 1.165) is 15.7 Å². The number of carbonyl (C=O) groups excluding carboxylic acids is 3. The van der Waals surface area contributed by atoms with Gasteiger partial charge in [0.05, 0.1) is 6.04 Å². The van der Waals surface area contributed by atoms with Gasteiger partial charge in [0.25, 0.3) is 0 Å². The van der Waals surface area contributed by atoms with Crippen LogP contribution in [-0.2, 0) is 0 Å². The predicted molar refractivity (Wildman–Crippen MR) is 151 cm³/mol. The van der Waals surface area contributed by atoms with Crippen LogP contribution in [0.2, 0.25) is 0 Å². The number of ketones is 3. The fraction of sp³-hybridized carbons (Fsp3) is 0.121. The maximum absolute atomic E-state index is 14.5. The molecule has 3 aliphatic rings. The number of hydrogen-bond donors (Lipinski definition) is 0. The second-order valence-electron chi connectivity index (χ2n) is 10.2. The Morgan fingerprint density at radius 2 is 1.46 bits per heavy atom. The van der Waals surface area contributed by atoms with Gasteiger partial charge in [-0.15, -0.1) is 0 Å². The average molecular weight is 578 g/mol. The van der Waals surface area contributed by atoms with E-state index in [9.17, 15) is 18.8 Å². The van der Waals surface area contributed by atoms with Crippen molar-refractivity contribution < 1.29 is 18.8 Å². The van der Waals surface area contributed by atoms with E-state index in [0.29, 0.717) is 22.3 Å². The smallest absolute Gasteiger partial charge is 0.185 e. The maximum atomic E-state index is 14.5. The largest absolute Gasteiger partial charge is 0.352 e. The highest BCUT2D eigenvalue weighted by atomic mass is 79.9. The lowest BCUT2D eigenvalue weighted by molar-refractivity contribution is 0.0666. The average Bonchev–Trinajstić information content (AvgIpc) is 3.39. The van der Waals surface area contributed by atoms with Crippen LogP contribution in [0.1, 0.15) is 48.1 Å². The zero-order valence-corrected chi connectivity index (χ0v) is 22.1. The van der Waals surface area contributed by atoms with Crippen molar-refractivity contribution in [2.75, 3.05) is 4.90 Å². The minimum absolute atomic E-state index is 0.201. The molecule has 0 bridgehead atoms. The summed E-state index contributed by atoms with van der Waals surface area (Å²) in [6.07, 6.45) is 3.80. The molecule has 0 radical (unpaired) electrons. The van der Waals surface area contributed by atoms with Gasteiger partial charge in [0.2, 0.25) is 0 Å². The summed E-state index contributed by atoms with van der Waals surface area (Å²) in [4.78, 5) is 45.5. The Hall–Kier alpha value is -4.16. The number of Topliss-reactive ketones (excluding diaryl/α,β-unsaturated/α-hetero) is 3. The standard InChI is InChI=1S/C33H21BrFNO3/c34-22-13-16-26-21(18-22)12-17-27-33(31(38)24-8-4-5-9-25(24)32(33)39)28(19-10-14-23(35)15-11-19)29(36(26)27)30(37)20-6-2-1-3-7-20/h1-18,27-29H/t27-,28+,29+/m1/s1. The third kappa shape index (κ3) is 3.24. The topological polar surface area (TPSA) is 54.5 Å². The van der Waals surface area contributed by atoms with Crippen molar-refractivity contribution >= 4 is 45.0 Å². The van der Waals surface area contributed by atoms with E-state index in [-0.39, 0.29) is 17.3 Å². The summed E-state index contributed by atoms with van der Waals surface area (Å²) in [7, 11) is 0. The molecule has 1 spiro atoms. The van der Waals surface area contributed by atoms with Gasteiger partial charge in [-0.1, -0.05) is 94.8 Å². The summed E-state index contributed by atoms with van der Waals surface area (Å²) in [5.41, 5.74) is 1.81. The number of benzene rings is 4. The number of nitrogens with zero attached hydrogens (tertiary/aromatic N) is 1. The van der Waals surface area contributed by atoms with Crippen molar-refractivity contribution in [1.82, 2.24) is 0 Å². The zero-order valence-electron chi connectivity index (χ0n) is 20.6. The maximum Gasteiger partial charge on any atom is 0.185 e. The van der Waals surface area contributed by atoms with Gasteiger partial charge < -0.3 is 4.90 Å². The minimum atomic E-state index is -1.60. The Balaban J connectivity index is 1.55. The van der Waals surface area contributed by atoms with Crippen molar-refractivity contribution in [3.05, 3.63) is 141 Å². The van der Waals surface area contributed by atoms with Gasteiger partial charge in [-0.05, 0) is 41.5 Å². The molecule has 0 unspecified atom stereocenters. The van der Waals surface area contributed by atoms with Crippen LogP contribution in [0.5, 0.6) is 0 Å². The molecule has 4 aromatic carbocycles. The molecule has 4 nitrogen and oxygen atoms in total. The molecule has 0 N–H and O–H groups in total. The fourth-order valence-electron chi connectivity index (χ4n) is 6.76.